The van der Waals surface area contributed by atoms with Crippen LogP contribution >= 0.6 is 15.9 Å². The number of rotatable bonds is 3. The normalized spacial score (nSPS) is 10.3. The minimum atomic E-state index is 0.892. The van der Waals surface area contributed by atoms with Crippen molar-refractivity contribution in [1.29, 1.82) is 0 Å². The standard InChI is InChI=1S/C19H14BrN/c1-21-17-13-12-16(20)18(14-8-4-2-5-9-14)19(17)15-10-6-3-7-11-15/h2-13H,1H2. The highest BCUT2D eigenvalue weighted by Gasteiger charge is 2.14. The van der Waals surface area contributed by atoms with E-state index in [2.05, 4.69) is 51.9 Å². The highest BCUT2D eigenvalue weighted by Crippen LogP contribution is 2.43. The van der Waals surface area contributed by atoms with Crippen LogP contribution in [0.4, 0.5) is 5.69 Å². The van der Waals surface area contributed by atoms with E-state index in [-0.39, 0.29) is 0 Å². The molecule has 21 heavy (non-hydrogen) atoms. The predicted molar refractivity (Wildman–Crippen MR) is 94.2 cm³/mol. The molecule has 1 nitrogen and oxygen atoms in total. The molecule has 0 bridgehead atoms. The molecule has 0 saturated heterocycles. The summed E-state index contributed by atoms with van der Waals surface area (Å²) in [5.74, 6) is 0. The van der Waals surface area contributed by atoms with E-state index in [0.29, 0.717) is 0 Å². The molecule has 0 spiro atoms. The predicted octanol–water partition coefficient (Wildman–Crippen LogP) is 6.12. The minimum Gasteiger partial charge on any atom is -0.264 e. The van der Waals surface area contributed by atoms with Crippen LogP contribution in [-0.4, -0.2) is 6.72 Å². The van der Waals surface area contributed by atoms with Crippen molar-refractivity contribution < 1.29 is 0 Å². The molecule has 102 valence electrons. The van der Waals surface area contributed by atoms with Gasteiger partial charge in [-0.3, -0.25) is 4.99 Å². The van der Waals surface area contributed by atoms with Crippen molar-refractivity contribution in [1.82, 2.24) is 0 Å². The molecule has 0 radical (unpaired) electrons. The summed E-state index contributed by atoms with van der Waals surface area (Å²) in [6, 6.07) is 24.7. The fraction of sp³-hybridized carbons (Fsp3) is 0. The van der Waals surface area contributed by atoms with E-state index in [4.69, 9.17) is 0 Å². The Bertz CT molecular complexity index is 764. The van der Waals surface area contributed by atoms with E-state index in [9.17, 15) is 0 Å². The van der Waals surface area contributed by atoms with Crippen molar-refractivity contribution in [2.45, 2.75) is 0 Å². The van der Waals surface area contributed by atoms with E-state index in [1.54, 1.807) is 0 Å². The Balaban J connectivity index is 2.36. The molecular formula is C19H14BrN. The minimum absolute atomic E-state index is 0.892. The maximum atomic E-state index is 4.20. The summed E-state index contributed by atoms with van der Waals surface area (Å²) in [7, 11) is 0. The van der Waals surface area contributed by atoms with Gasteiger partial charge >= 0.3 is 0 Å². The van der Waals surface area contributed by atoms with Crippen LogP contribution in [0.3, 0.4) is 0 Å². The molecule has 2 heteroatoms. The molecule has 0 aliphatic heterocycles. The van der Waals surface area contributed by atoms with Gasteiger partial charge in [-0.2, -0.15) is 0 Å². The molecule has 0 aromatic heterocycles. The fourth-order valence-corrected chi connectivity index (χ4v) is 3.04. The summed E-state index contributed by atoms with van der Waals surface area (Å²) < 4.78 is 1.06. The molecule has 3 rings (SSSR count). The molecule has 0 saturated carbocycles. The first-order chi connectivity index (χ1) is 10.3. The Morgan fingerprint density at radius 3 is 1.71 bits per heavy atom. The molecule has 0 aliphatic rings. The zero-order valence-corrected chi connectivity index (χ0v) is 13.0. The third-order valence-electron chi connectivity index (χ3n) is 3.43. The van der Waals surface area contributed by atoms with Gasteiger partial charge in [0.1, 0.15) is 0 Å². The summed E-state index contributed by atoms with van der Waals surface area (Å²) >= 11 is 3.68. The van der Waals surface area contributed by atoms with Crippen LogP contribution in [0.2, 0.25) is 0 Å². The Kier molecular flexibility index (Phi) is 3.98. The lowest BCUT2D eigenvalue weighted by atomic mass is 9.93. The molecule has 3 aromatic carbocycles. The first kappa shape index (κ1) is 13.8. The number of nitrogens with zero attached hydrogens (tertiary/aromatic N) is 1. The van der Waals surface area contributed by atoms with E-state index in [1.807, 2.05) is 48.5 Å². The van der Waals surface area contributed by atoms with Gasteiger partial charge in [0.25, 0.3) is 0 Å². The zero-order chi connectivity index (χ0) is 14.7. The lowest BCUT2D eigenvalue weighted by molar-refractivity contribution is 1.49. The van der Waals surface area contributed by atoms with Crippen LogP contribution in [0.1, 0.15) is 0 Å². The van der Waals surface area contributed by atoms with E-state index in [1.165, 1.54) is 0 Å². The first-order valence-electron chi connectivity index (χ1n) is 6.71. The van der Waals surface area contributed by atoms with Gasteiger partial charge in [0.2, 0.25) is 0 Å². The van der Waals surface area contributed by atoms with Gasteiger partial charge in [-0.05, 0) is 30.0 Å². The molecule has 0 fully saturated rings. The molecule has 0 N–H and O–H groups in total. The van der Waals surface area contributed by atoms with Gasteiger partial charge in [-0.25, -0.2) is 0 Å². The van der Waals surface area contributed by atoms with Crippen LogP contribution in [0.5, 0.6) is 0 Å². The quantitative estimate of drug-likeness (QED) is 0.511. The summed E-state index contributed by atoms with van der Waals surface area (Å²) in [4.78, 5) is 4.20. The lowest BCUT2D eigenvalue weighted by Gasteiger charge is -2.15. The van der Waals surface area contributed by atoms with Gasteiger partial charge in [0.05, 0.1) is 5.69 Å². The Morgan fingerprint density at radius 1 is 0.667 bits per heavy atom. The smallest absolute Gasteiger partial charge is 0.0707 e. The fourth-order valence-electron chi connectivity index (χ4n) is 2.48. The molecule has 3 aromatic rings. The second kappa shape index (κ2) is 6.06. The Morgan fingerprint density at radius 2 is 1.19 bits per heavy atom. The van der Waals surface area contributed by atoms with Gasteiger partial charge in [0, 0.05) is 15.6 Å². The van der Waals surface area contributed by atoms with Crippen LogP contribution in [0.15, 0.2) is 82.3 Å². The zero-order valence-electron chi connectivity index (χ0n) is 11.5. The molecule has 0 heterocycles. The van der Waals surface area contributed by atoms with E-state index < -0.39 is 0 Å². The number of hydrogen-bond donors (Lipinski definition) is 0. The summed E-state index contributed by atoms with van der Waals surface area (Å²) in [6.07, 6.45) is 0. The van der Waals surface area contributed by atoms with Crippen LogP contribution < -0.4 is 0 Å². The van der Waals surface area contributed by atoms with Gasteiger partial charge in [0.15, 0.2) is 0 Å². The van der Waals surface area contributed by atoms with Crippen molar-refractivity contribution in [2.75, 3.05) is 0 Å². The highest BCUT2D eigenvalue weighted by molar-refractivity contribution is 9.10. The number of hydrogen-bond acceptors (Lipinski definition) is 1. The summed E-state index contributed by atoms with van der Waals surface area (Å²) in [5.41, 5.74) is 5.44. The van der Waals surface area contributed by atoms with Crippen LogP contribution in [0.25, 0.3) is 22.3 Å². The summed E-state index contributed by atoms with van der Waals surface area (Å²) in [6.45, 7) is 3.72. The monoisotopic (exact) mass is 335 g/mol. The van der Waals surface area contributed by atoms with Gasteiger partial charge in [-0.15, -0.1) is 0 Å². The van der Waals surface area contributed by atoms with E-state index >= 15 is 0 Å². The van der Waals surface area contributed by atoms with Crippen LogP contribution in [0, 0.1) is 0 Å². The Hall–Kier alpha value is -2.19. The molecular weight excluding hydrogens is 322 g/mol. The highest BCUT2D eigenvalue weighted by atomic mass is 79.9. The summed E-state index contributed by atoms with van der Waals surface area (Å²) in [5, 5.41) is 0. The van der Waals surface area contributed by atoms with E-state index in [0.717, 1.165) is 32.4 Å². The topological polar surface area (TPSA) is 12.4 Å². The van der Waals surface area contributed by atoms with Gasteiger partial charge < -0.3 is 0 Å². The average molecular weight is 336 g/mol. The number of aliphatic imine (C=N–C) groups is 1. The lowest BCUT2D eigenvalue weighted by Crippen LogP contribution is -1.88. The maximum Gasteiger partial charge on any atom is 0.0707 e. The maximum absolute atomic E-state index is 4.20. The first-order valence-corrected chi connectivity index (χ1v) is 7.50. The SMILES string of the molecule is C=Nc1ccc(Br)c(-c2ccccc2)c1-c1ccccc1. The Labute approximate surface area is 133 Å². The largest absolute Gasteiger partial charge is 0.264 e. The molecule has 0 amide bonds. The third-order valence-corrected chi connectivity index (χ3v) is 4.09. The van der Waals surface area contributed by atoms with Crippen molar-refractivity contribution in [3.63, 3.8) is 0 Å². The second-order valence-electron chi connectivity index (χ2n) is 4.71. The van der Waals surface area contributed by atoms with Crippen molar-refractivity contribution in [3.8, 4) is 22.3 Å². The number of halogens is 1. The van der Waals surface area contributed by atoms with Crippen LogP contribution in [-0.2, 0) is 0 Å². The molecule has 0 aliphatic carbocycles. The molecule has 0 atom stereocenters. The third kappa shape index (κ3) is 2.67. The van der Waals surface area contributed by atoms with Gasteiger partial charge in [-0.1, -0.05) is 76.6 Å². The van der Waals surface area contributed by atoms with Crippen molar-refractivity contribution >= 4 is 28.3 Å². The second-order valence-corrected chi connectivity index (χ2v) is 5.56. The van der Waals surface area contributed by atoms with Crippen molar-refractivity contribution in [2.24, 2.45) is 4.99 Å². The number of benzene rings is 3. The van der Waals surface area contributed by atoms with Crippen molar-refractivity contribution in [3.05, 3.63) is 77.3 Å². The average Bonchev–Trinajstić information content (AvgIpc) is 2.56. The molecule has 0 unspecified atom stereocenters.